The molecule has 0 spiro atoms. The fourth-order valence-electron chi connectivity index (χ4n) is 1.23. The number of ether oxygens (including phenoxy) is 1. The van der Waals surface area contributed by atoms with Crippen molar-refractivity contribution in [1.82, 2.24) is 5.32 Å². The second-order valence-electron chi connectivity index (χ2n) is 4.07. The molecule has 1 aromatic carbocycles. The summed E-state index contributed by atoms with van der Waals surface area (Å²) in [4.78, 5) is 0. The van der Waals surface area contributed by atoms with Gasteiger partial charge in [0.25, 0.3) is 0 Å². The highest BCUT2D eigenvalue weighted by molar-refractivity contribution is 6.34. The highest BCUT2D eigenvalue weighted by Gasteiger charge is 2.08. The molecule has 0 bridgehead atoms. The molecule has 4 heteroatoms. The molecule has 0 saturated heterocycles. The lowest BCUT2D eigenvalue weighted by Gasteiger charge is -2.18. The highest BCUT2D eigenvalue weighted by Crippen LogP contribution is 2.28. The monoisotopic (exact) mass is 261 g/mol. The van der Waals surface area contributed by atoms with Crippen LogP contribution in [0.15, 0.2) is 18.2 Å². The van der Waals surface area contributed by atoms with Crippen molar-refractivity contribution in [2.45, 2.75) is 32.9 Å². The van der Waals surface area contributed by atoms with Crippen LogP contribution in [0.4, 0.5) is 0 Å². The zero-order valence-corrected chi connectivity index (χ0v) is 11.3. The maximum atomic E-state index is 6.00. The van der Waals surface area contributed by atoms with E-state index in [0.29, 0.717) is 21.8 Å². The largest absolute Gasteiger partial charge is 0.488 e. The van der Waals surface area contributed by atoms with Crippen molar-refractivity contribution in [1.29, 1.82) is 0 Å². The quantitative estimate of drug-likeness (QED) is 0.872. The maximum absolute atomic E-state index is 6.00. The highest BCUT2D eigenvalue weighted by atomic mass is 35.5. The zero-order chi connectivity index (χ0) is 12.1. The van der Waals surface area contributed by atoms with Crippen molar-refractivity contribution in [2.75, 3.05) is 6.54 Å². The molecule has 0 aliphatic heterocycles. The van der Waals surface area contributed by atoms with Gasteiger partial charge in [0.1, 0.15) is 11.9 Å². The van der Waals surface area contributed by atoms with Gasteiger partial charge < -0.3 is 10.1 Å². The minimum atomic E-state index is 0.0540. The van der Waals surface area contributed by atoms with E-state index in [1.54, 1.807) is 18.2 Å². The molecule has 1 rings (SSSR count). The Labute approximate surface area is 107 Å². The molecule has 0 heterocycles. The topological polar surface area (TPSA) is 21.3 Å². The van der Waals surface area contributed by atoms with Crippen molar-refractivity contribution < 1.29 is 4.74 Å². The van der Waals surface area contributed by atoms with E-state index in [2.05, 4.69) is 19.2 Å². The third-order valence-corrected chi connectivity index (χ3v) is 2.58. The minimum absolute atomic E-state index is 0.0540. The number of hydrogen-bond acceptors (Lipinski definition) is 2. The summed E-state index contributed by atoms with van der Waals surface area (Å²) in [5, 5.41) is 4.51. The van der Waals surface area contributed by atoms with Crippen LogP contribution < -0.4 is 10.1 Å². The third-order valence-electron chi connectivity index (χ3n) is 2.03. The number of hydrogen-bond donors (Lipinski definition) is 1. The molecule has 0 saturated carbocycles. The molecule has 1 unspecified atom stereocenters. The Morgan fingerprint density at radius 1 is 1.25 bits per heavy atom. The summed E-state index contributed by atoms with van der Waals surface area (Å²) in [7, 11) is 0. The molecule has 0 radical (unpaired) electrons. The predicted octanol–water partition coefficient (Wildman–Crippen LogP) is 3.76. The Morgan fingerprint density at radius 2 is 1.94 bits per heavy atom. The van der Waals surface area contributed by atoms with Gasteiger partial charge in [-0.3, -0.25) is 0 Å². The summed E-state index contributed by atoms with van der Waals surface area (Å²) in [5.74, 6) is 0.632. The standard InChI is InChI=1S/C12H17Cl2NO/c1-8(2)15-7-9(3)16-12-6-10(13)4-5-11(12)14/h4-6,8-9,15H,7H2,1-3H3. The van der Waals surface area contributed by atoms with Gasteiger partial charge in [-0.05, 0) is 19.1 Å². The predicted molar refractivity (Wildman–Crippen MR) is 69.7 cm³/mol. The van der Waals surface area contributed by atoms with Gasteiger partial charge in [0.05, 0.1) is 5.02 Å². The molecule has 90 valence electrons. The van der Waals surface area contributed by atoms with Gasteiger partial charge in [0, 0.05) is 23.7 Å². The Bertz CT molecular complexity index is 342. The summed E-state index contributed by atoms with van der Waals surface area (Å²) < 4.78 is 5.70. The fraction of sp³-hybridized carbons (Fsp3) is 0.500. The van der Waals surface area contributed by atoms with Crippen molar-refractivity contribution in [2.24, 2.45) is 0 Å². The van der Waals surface area contributed by atoms with Crippen LogP contribution in [0.5, 0.6) is 5.75 Å². The second kappa shape index (κ2) is 6.33. The first-order valence-corrected chi connectivity index (χ1v) is 6.09. The number of benzene rings is 1. The Morgan fingerprint density at radius 3 is 2.56 bits per heavy atom. The molecule has 0 aliphatic carbocycles. The van der Waals surface area contributed by atoms with E-state index in [0.717, 1.165) is 6.54 Å². The minimum Gasteiger partial charge on any atom is -0.488 e. The molecular formula is C12H17Cl2NO. The average Bonchev–Trinajstić information content (AvgIpc) is 2.20. The molecule has 0 amide bonds. The van der Waals surface area contributed by atoms with Gasteiger partial charge in [-0.25, -0.2) is 0 Å². The van der Waals surface area contributed by atoms with Crippen LogP contribution in [0.3, 0.4) is 0 Å². The summed E-state index contributed by atoms with van der Waals surface area (Å²) in [6, 6.07) is 5.66. The van der Waals surface area contributed by atoms with Crippen LogP contribution in [0, 0.1) is 0 Å². The average molecular weight is 262 g/mol. The molecule has 16 heavy (non-hydrogen) atoms. The van der Waals surface area contributed by atoms with Crippen molar-refractivity contribution >= 4 is 23.2 Å². The SMILES string of the molecule is CC(C)NCC(C)Oc1cc(Cl)ccc1Cl. The van der Waals surface area contributed by atoms with E-state index < -0.39 is 0 Å². The van der Waals surface area contributed by atoms with E-state index in [9.17, 15) is 0 Å². The lowest BCUT2D eigenvalue weighted by atomic mass is 10.3. The molecule has 1 atom stereocenters. The Balaban J connectivity index is 2.55. The smallest absolute Gasteiger partial charge is 0.139 e. The summed E-state index contributed by atoms with van der Waals surface area (Å²) >= 11 is 11.9. The van der Waals surface area contributed by atoms with Gasteiger partial charge in [-0.2, -0.15) is 0 Å². The van der Waals surface area contributed by atoms with E-state index in [1.807, 2.05) is 6.92 Å². The van der Waals surface area contributed by atoms with E-state index in [1.165, 1.54) is 0 Å². The molecular weight excluding hydrogens is 245 g/mol. The Hall–Kier alpha value is -0.440. The van der Waals surface area contributed by atoms with Gasteiger partial charge in [-0.1, -0.05) is 37.0 Å². The van der Waals surface area contributed by atoms with Crippen molar-refractivity contribution in [3.05, 3.63) is 28.2 Å². The van der Waals surface area contributed by atoms with Crippen LogP contribution in [0.2, 0.25) is 10.0 Å². The molecule has 1 aromatic rings. The van der Waals surface area contributed by atoms with Crippen LogP contribution >= 0.6 is 23.2 Å². The maximum Gasteiger partial charge on any atom is 0.139 e. The van der Waals surface area contributed by atoms with E-state index in [4.69, 9.17) is 27.9 Å². The van der Waals surface area contributed by atoms with E-state index >= 15 is 0 Å². The van der Waals surface area contributed by atoms with Gasteiger partial charge >= 0.3 is 0 Å². The van der Waals surface area contributed by atoms with Crippen molar-refractivity contribution in [3.63, 3.8) is 0 Å². The number of rotatable bonds is 5. The van der Waals surface area contributed by atoms with Crippen molar-refractivity contribution in [3.8, 4) is 5.75 Å². The third kappa shape index (κ3) is 4.60. The second-order valence-corrected chi connectivity index (χ2v) is 4.91. The molecule has 2 nitrogen and oxygen atoms in total. The summed E-state index contributed by atoms with van der Waals surface area (Å²) in [5.41, 5.74) is 0. The lowest BCUT2D eigenvalue weighted by molar-refractivity contribution is 0.214. The van der Waals surface area contributed by atoms with Crippen LogP contribution in [0.1, 0.15) is 20.8 Å². The van der Waals surface area contributed by atoms with Crippen LogP contribution in [-0.4, -0.2) is 18.7 Å². The number of nitrogens with one attached hydrogen (secondary N) is 1. The van der Waals surface area contributed by atoms with Crippen LogP contribution in [-0.2, 0) is 0 Å². The first kappa shape index (κ1) is 13.6. The van der Waals surface area contributed by atoms with Crippen LogP contribution in [0.25, 0.3) is 0 Å². The van der Waals surface area contributed by atoms with Gasteiger partial charge in [-0.15, -0.1) is 0 Å². The molecule has 1 N–H and O–H groups in total. The van der Waals surface area contributed by atoms with Gasteiger partial charge in [0.2, 0.25) is 0 Å². The molecule has 0 fully saturated rings. The molecule has 0 aliphatic rings. The normalized spacial score (nSPS) is 12.9. The fourth-order valence-corrected chi connectivity index (χ4v) is 1.55. The zero-order valence-electron chi connectivity index (χ0n) is 9.76. The first-order chi connectivity index (χ1) is 7.49. The number of halogens is 2. The summed E-state index contributed by atoms with van der Waals surface area (Å²) in [6.45, 7) is 6.96. The van der Waals surface area contributed by atoms with E-state index in [-0.39, 0.29) is 6.10 Å². The summed E-state index contributed by atoms with van der Waals surface area (Å²) in [6.07, 6.45) is 0.0540. The Kier molecular flexibility index (Phi) is 5.39. The lowest BCUT2D eigenvalue weighted by Crippen LogP contribution is -2.33. The molecule has 0 aromatic heterocycles. The first-order valence-electron chi connectivity index (χ1n) is 5.34. The van der Waals surface area contributed by atoms with Gasteiger partial charge in [0.15, 0.2) is 0 Å².